The SMILES string of the molecule is CCCCCOc1ccc(C2/C(=C(\O)c3ccc(Cl)cc3)C(=O)C(=O)N2c2nc3ccc(C)cc3s2)cc1. The molecular weight excluding hydrogens is 520 g/mol. The van der Waals surface area contributed by atoms with Gasteiger partial charge in [0.25, 0.3) is 5.78 Å². The molecule has 2 heterocycles. The largest absolute Gasteiger partial charge is 0.507 e. The van der Waals surface area contributed by atoms with E-state index in [1.807, 2.05) is 49.4 Å². The fourth-order valence-electron chi connectivity index (χ4n) is 4.52. The summed E-state index contributed by atoms with van der Waals surface area (Å²) in [6, 6.07) is 18.8. The van der Waals surface area contributed by atoms with Crippen molar-refractivity contribution in [2.75, 3.05) is 11.5 Å². The van der Waals surface area contributed by atoms with E-state index in [9.17, 15) is 14.7 Å². The van der Waals surface area contributed by atoms with Gasteiger partial charge in [-0.25, -0.2) is 4.98 Å². The van der Waals surface area contributed by atoms with E-state index in [0.717, 1.165) is 35.0 Å². The lowest BCUT2D eigenvalue weighted by molar-refractivity contribution is -0.132. The first-order valence-electron chi connectivity index (χ1n) is 12.5. The first kappa shape index (κ1) is 25.9. The Labute approximate surface area is 230 Å². The van der Waals surface area contributed by atoms with Crippen LogP contribution in [0.1, 0.15) is 48.9 Å². The molecule has 6 nitrogen and oxygen atoms in total. The van der Waals surface area contributed by atoms with E-state index in [2.05, 4.69) is 11.9 Å². The number of benzene rings is 3. The highest BCUT2D eigenvalue weighted by Gasteiger charge is 2.48. The van der Waals surface area contributed by atoms with Gasteiger partial charge >= 0.3 is 5.91 Å². The number of rotatable bonds is 8. The number of carbonyl (C=O) groups is 2. The molecule has 0 radical (unpaired) electrons. The molecule has 194 valence electrons. The lowest BCUT2D eigenvalue weighted by Gasteiger charge is -2.23. The molecule has 0 aliphatic carbocycles. The third-order valence-corrected chi connectivity index (χ3v) is 7.78. The molecule has 0 bridgehead atoms. The van der Waals surface area contributed by atoms with Gasteiger partial charge in [0.2, 0.25) is 0 Å². The molecule has 1 aromatic heterocycles. The number of thiazole rings is 1. The molecule has 0 spiro atoms. The van der Waals surface area contributed by atoms with E-state index >= 15 is 0 Å². The van der Waals surface area contributed by atoms with Crippen molar-refractivity contribution < 1.29 is 19.4 Å². The number of aliphatic hydroxyl groups excluding tert-OH is 1. The number of ketones is 1. The normalized spacial score (nSPS) is 16.9. The highest BCUT2D eigenvalue weighted by molar-refractivity contribution is 7.22. The summed E-state index contributed by atoms with van der Waals surface area (Å²) in [5.41, 5.74) is 2.88. The average molecular weight is 547 g/mol. The Morgan fingerprint density at radius 2 is 1.79 bits per heavy atom. The zero-order valence-electron chi connectivity index (χ0n) is 21.1. The standard InChI is InChI=1S/C30H27ClN2O4S/c1-3-4-5-16-37-22-13-9-19(10-14-22)26-25(27(34)20-7-11-21(31)12-8-20)28(35)29(36)33(26)30-32-23-15-6-18(2)17-24(23)38-30/h6-15,17,26,34H,3-5,16H2,1-2H3/b27-25+. The van der Waals surface area contributed by atoms with Crippen LogP contribution in [0.15, 0.2) is 72.3 Å². The average Bonchev–Trinajstić information content (AvgIpc) is 3.44. The summed E-state index contributed by atoms with van der Waals surface area (Å²) in [7, 11) is 0. The molecule has 1 fully saturated rings. The van der Waals surface area contributed by atoms with Crippen molar-refractivity contribution in [1.82, 2.24) is 4.98 Å². The van der Waals surface area contributed by atoms with E-state index in [1.54, 1.807) is 24.3 Å². The summed E-state index contributed by atoms with van der Waals surface area (Å²) in [5.74, 6) is -1.06. The van der Waals surface area contributed by atoms with Crippen molar-refractivity contribution >= 4 is 55.7 Å². The Hall–Kier alpha value is -3.68. The molecular formula is C30H27ClN2O4S. The lowest BCUT2D eigenvalue weighted by atomic mass is 9.95. The van der Waals surface area contributed by atoms with Gasteiger partial charge in [0, 0.05) is 10.6 Å². The zero-order valence-corrected chi connectivity index (χ0v) is 22.7. The first-order valence-corrected chi connectivity index (χ1v) is 13.7. The minimum Gasteiger partial charge on any atom is -0.507 e. The quantitative estimate of drug-likeness (QED) is 0.107. The molecule has 1 saturated heterocycles. The Morgan fingerprint density at radius 1 is 1.05 bits per heavy atom. The number of aliphatic hydroxyl groups is 1. The molecule has 0 saturated carbocycles. The summed E-state index contributed by atoms with van der Waals surface area (Å²) in [5, 5.41) is 12.2. The van der Waals surface area contributed by atoms with Crippen LogP contribution in [0.5, 0.6) is 5.75 Å². The van der Waals surface area contributed by atoms with Crippen LogP contribution in [-0.2, 0) is 9.59 Å². The zero-order chi connectivity index (χ0) is 26.8. The molecule has 1 atom stereocenters. The molecule has 8 heteroatoms. The van der Waals surface area contributed by atoms with E-state index in [4.69, 9.17) is 16.3 Å². The van der Waals surface area contributed by atoms with E-state index in [1.165, 1.54) is 16.2 Å². The van der Waals surface area contributed by atoms with Gasteiger partial charge in [-0.1, -0.05) is 60.9 Å². The van der Waals surface area contributed by atoms with E-state index < -0.39 is 17.7 Å². The monoisotopic (exact) mass is 546 g/mol. The van der Waals surface area contributed by atoms with Gasteiger partial charge < -0.3 is 9.84 Å². The Kier molecular flexibility index (Phi) is 7.49. The Balaban J connectivity index is 1.60. The predicted octanol–water partition coefficient (Wildman–Crippen LogP) is 7.45. The van der Waals surface area contributed by atoms with Crippen molar-refractivity contribution in [3.8, 4) is 5.75 Å². The molecule has 1 amide bonds. The number of nitrogens with zero attached hydrogens (tertiary/aromatic N) is 2. The summed E-state index contributed by atoms with van der Waals surface area (Å²) >= 11 is 7.37. The first-order chi connectivity index (χ1) is 18.4. The summed E-state index contributed by atoms with van der Waals surface area (Å²) in [6.07, 6.45) is 3.18. The minimum absolute atomic E-state index is 0.00405. The van der Waals surface area contributed by atoms with Crippen molar-refractivity contribution in [2.24, 2.45) is 0 Å². The number of amides is 1. The lowest BCUT2D eigenvalue weighted by Crippen LogP contribution is -2.29. The number of carbonyl (C=O) groups excluding carboxylic acids is 2. The number of unbranched alkanes of at least 4 members (excludes halogenated alkanes) is 2. The third-order valence-electron chi connectivity index (χ3n) is 6.51. The molecule has 1 aliphatic rings. The molecule has 3 aromatic carbocycles. The van der Waals surface area contributed by atoms with Crippen LogP contribution < -0.4 is 9.64 Å². The number of aromatic nitrogens is 1. The van der Waals surface area contributed by atoms with Crippen molar-refractivity contribution in [2.45, 2.75) is 39.2 Å². The number of hydrogen-bond acceptors (Lipinski definition) is 6. The molecule has 38 heavy (non-hydrogen) atoms. The number of Topliss-reactive ketones (excluding diaryl/α,β-unsaturated/α-hetero) is 1. The number of ether oxygens (including phenoxy) is 1. The smallest absolute Gasteiger partial charge is 0.301 e. The van der Waals surface area contributed by atoms with Gasteiger partial charge in [-0.3, -0.25) is 14.5 Å². The third kappa shape index (κ3) is 5.04. The van der Waals surface area contributed by atoms with Crippen molar-refractivity contribution in [3.63, 3.8) is 0 Å². The van der Waals surface area contributed by atoms with Crippen LogP contribution in [0.4, 0.5) is 5.13 Å². The maximum Gasteiger partial charge on any atom is 0.301 e. The molecule has 5 rings (SSSR count). The number of anilines is 1. The number of halogens is 1. The molecule has 1 unspecified atom stereocenters. The van der Waals surface area contributed by atoms with Crippen LogP contribution in [0, 0.1) is 6.92 Å². The Bertz CT molecular complexity index is 1530. The number of aryl methyl sites for hydroxylation is 1. The molecule has 1 N–H and O–H groups in total. The fraction of sp³-hybridized carbons (Fsp3) is 0.233. The van der Waals surface area contributed by atoms with Crippen LogP contribution in [0.25, 0.3) is 16.0 Å². The van der Waals surface area contributed by atoms with Gasteiger partial charge in [0.15, 0.2) is 5.13 Å². The van der Waals surface area contributed by atoms with Gasteiger partial charge in [-0.2, -0.15) is 0 Å². The number of hydrogen-bond donors (Lipinski definition) is 1. The van der Waals surface area contributed by atoms with E-state index in [0.29, 0.717) is 33.6 Å². The number of fused-ring (bicyclic) bond motifs is 1. The van der Waals surface area contributed by atoms with Crippen LogP contribution in [-0.4, -0.2) is 28.4 Å². The summed E-state index contributed by atoms with van der Waals surface area (Å²) < 4.78 is 6.76. The maximum absolute atomic E-state index is 13.5. The second-order valence-electron chi connectivity index (χ2n) is 9.27. The molecule has 4 aromatic rings. The summed E-state index contributed by atoms with van der Waals surface area (Å²) in [4.78, 5) is 32.9. The van der Waals surface area contributed by atoms with Crippen molar-refractivity contribution in [1.29, 1.82) is 0 Å². The van der Waals surface area contributed by atoms with E-state index in [-0.39, 0.29) is 11.3 Å². The van der Waals surface area contributed by atoms with Gasteiger partial charge in [-0.05, 0) is 73.0 Å². The highest BCUT2D eigenvalue weighted by atomic mass is 35.5. The van der Waals surface area contributed by atoms with Crippen LogP contribution >= 0.6 is 22.9 Å². The second kappa shape index (κ2) is 11.0. The maximum atomic E-state index is 13.5. The summed E-state index contributed by atoms with van der Waals surface area (Å²) in [6.45, 7) is 4.75. The predicted molar refractivity (Wildman–Crippen MR) is 152 cm³/mol. The fourth-order valence-corrected chi connectivity index (χ4v) is 5.74. The van der Waals surface area contributed by atoms with Gasteiger partial charge in [0.05, 0.1) is 28.4 Å². The van der Waals surface area contributed by atoms with Gasteiger partial charge in [0.1, 0.15) is 11.5 Å². The topological polar surface area (TPSA) is 79.7 Å². The Morgan fingerprint density at radius 3 is 2.50 bits per heavy atom. The molecule has 1 aliphatic heterocycles. The highest BCUT2D eigenvalue weighted by Crippen LogP contribution is 2.44. The van der Waals surface area contributed by atoms with Crippen LogP contribution in [0.3, 0.4) is 0 Å². The minimum atomic E-state index is -0.860. The van der Waals surface area contributed by atoms with Crippen molar-refractivity contribution in [3.05, 3.63) is 94.0 Å². The second-order valence-corrected chi connectivity index (χ2v) is 10.7. The van der Waals surface area contributed by atoms with Gasteiger partial charge in [-0.15, -0.1) is 0 Å². The van der Waals surface area contributed by atoms with Crippen LogP contribution in [0.2, 0.25) is 5.02 Å².